The molecule has 4 rings (SSSR count). The van der Waals surface area contributed by atoms with Crippen LogP contribution in [0, 0.1) is 13.8 Å². The highest BCUT2D eigenvalue weighted by atomic mass is 16.5. The molecule has 7 nitrogen and oxygen atoms in total. The molecule has 0 amide bonds. The zero-order valence-corrected chi connectivity index (χ0v) is 18.1. The summed E-state index contributed by atoms with van der Waals surface area (Å²) in [6.45, 7) is 3.41. The van der Waals surface area contributed by atoms with Crippen molar-refractivity contribution in [3.63, 3.8) is 0 Å². The second-order valence-electron chi connectivity index (χ2n) is 7.39. The largest absolute Gasteiger partial charge is 0.497 e. The first-order valence-electron chi connectivity index (χ1n) is 9.84. The average molecular weight is 431 g/mol. The number of rotatable bonds is 5. The Labute approximate surface area is 184 Å². The van der Waals surface area contributed by atoms with E-state index in [4.69, 9.17) is 14.2 Å². The maximum Gasteiger partial charge on any atom is 0.344 e. The third-order valence-electron chi connectivity index (χ3n) is 5.29. The van der Waals surface area contributed by atoms with Gasteiger partial charge in [0.1, 0.15) is 17.2 Å². The zero-order valence-electron chi connectivity index (χ0n) is 18.1. The van der Waals surface area contributed by atoms with Crippen molar-refractivity contribution in [2.75, 3.05) is 14.2 Å². The number of hydrogen-bond donors (Lipinski definition) is 1. The normalized spacial score (nSPS) is 10.9. The van der Waals surface area contributed by atoms with Gasteiger partial charge in [0.25, 0.3) is 0 Å². The number of nitrogens with zero attached hydrogens (tertiary/aromatic N) is 1. The molecule has 0 saturated carbocycles. The van der Waals surface area contributed by atoms with E-state index in [0.29, 0.717) is 55.7 Å². The molecule has 3 aromatic carbocycles. The first-order valence-corrected chi connectivity index (χ1v) is 9.84. The Bertz CT molecular complexity index is 1310. The monoisotopic (exact) mass is 431 g/mol. The minimum atomic E-state index is -1.04. The van der Waals surface area contributed by atoms with Crippen molar-refractivity contribution in [2.45, 2.75) is 13.8 Å². The molecule has 162 valence electrons. The summed E-state index contributed by atoms with van der Waals surface area (Å²) in [6, 6.07) is 13.6. The molecule has 0 unspecified atom stereocenters. The van der Waals surface area contributed by atoms with Crippen LogP contribution in [0.1, 0.15) is 31.8 Å². The summed E-state index contributed by atoms with van der Waals surface area (Å²) in [5, 5.41) is 10.4. The van der Waals surface area contributed by atoms with Gasteiger partial charge in [-0.3, -0.25) is 0 Å². The average Bonchev–Trinajstić information content (AvgIpc) is 2.78. The molecule has 0 aliphatic carbocycles. The molecular weight excluding hydrogens is 410 g/mol. The molecule has 0 fully saturated rings. The van der Waals surface area contributed by atoms with Gasteiger partial charge in [-0.25, -0.2) is 14.6 Å². The van der Waals surface area contributed by atoms with E-state index < -0.39 is 11.9 Å². The molecule has 0 aliphatic rings. The summed E-state index contributed by atoms with van der Waals surface area (Å²) in [5.74, 6) is -0.149. The number of carboxylic acids is 1. The van der Waals surface area contributed by atoms with Crippen LogP contribution in [0.15, 0.2) is 48.5 Å². The smallest absolute Gasteiger partial charge is 0.344 e. The molecule has 0 spiro atoms. The van der Waals surface area contributed by atoms with Gasteiger partial charge in [0, 0.05) is 10.8 Å². The van der Waals surface area contributed by atoms with Crippen molar-refractivity contribution in [1.29, 1.82) is 0 Å². The van der Waals surface area contributed by atoms with Crippen molar-refractivity contribution in [1.82, 2.24) is 4.98 Å². The minimum Gasteiger partial charge on any atom is -0.497 e. The summed E-state index contributed by atoms with van der Waals surface area (Å²) < 4.78 is 16.5. The first-order chi connectivity index (χ1) is 15.3. The van der Waals surface area contributed by atoms with Crippen LogP contribution >= 0.6 is 0 Å². The van der Waals surface area contributed by atoms with Crippen LogP contribution < -0.4 is 14.2 Å². The fraction of sp³-hybridized carbons (Fsp3) is 0.160. The maximum absolute atomic E-state index is 13.5. The van der Waals surface area contributed by atoms with E-state index in [-0.39, 0.29) is 5.56 Å². The van der Waals surface area contributed by atoms with E-state index in [0.717, 1.165) is 0 Å². The molecule has 0 bridgehead atoms. The van der Waals surface area contributed by atoms with Crippen molar-refractivity contribution >= 4 is 33.7 Å². The number of fused-ring (bicyclic) bond motifs is 2. The number of aryl methyl sites for hydroxylation is 2. The van der Waals surface area contributed by atoms with Crippen LogP contribution in [0.25, 0.3) is 21.8 Å². The number of aromatic carboxylic acids is 1. The molecule has 0 radical (unpaired) electrons. The molecule has 0 atom stereocenters. The van der Waals surface area contributed by atoms with Crippen LogP contribution in [0.4, 0.5) is 0 Å². The van der Waals surface area contributed by atoms with Crippen LogP contribution in [0.3, 0.4) is 0 Å². The number of carboxylic acid groups (broad SMARTS) is 1. The topological polar surface area (TPSA) is 95.0 Å². The highest BCUT2D eigenvalue weighted by Gasteiger charge is 2.21. The van der Waals surface area contributed by atoms with E-state index in [9.17, 15) is 14.7 Å². The first kappa shape index (κ1) is 21.1. The Balaban J connectivity index is 1.93. The molecule has 32 heavy (non-hydrogen) atoms. The summed E-state index contributed by atoms with van der Waals surface area (Å²) in [5.41, 5.74) is 2.79. The second-order valence-corrected chi connectivity index (χ2v) is 7.39. The fourth-order valence-electron chi connectivity index (χ4n) is 3.75. The molecule has 4 aromatic rings. The molecule has 1 N–H and O–H groups in total. The Morgan fingerprint density at radius 3 is 1.75 bits per heavy atom. The lowest BCUT2D eigenvalue weighted by Gasteiger charge is -2.15. The summed E-state index contributed by atoms with van der Waals surface area (Å²) in [7, 11) is 3.10. The van der Waals surface area contributed by atoms with Gasteiger partial charge in [0.2, 0.25) is 0 Å². The van der Waals surface area contributed by atoms with Crippen molar-refractivity contribution in [3.8, 4) is 17.2 Å². The predicted molar refractivity (Wildman–Crippen MR) is 120 cm³/mol. The van der Waals surface area contributed by atoms with Crippen molar-refractivity contribution < 1.29 is 28.9 Å². The van der Waals surface area contributed by atoms with Crippen LogP contribution in [-0.2, 0) is 0 Å². The quantitative estimate of drug-likeness (QED) is 0.272. The summed E-state index contributed by atoms with van der Waals surface area (Å²) in [6.07, 6.45) is 0. The third-order valence-corrected chi connectivity index (χ3v) is 5.29. The van der Waals surface area contributed by atoms with E-state index in [1.165, 1.54) is 12.1 Å². The Hall–Kier alpha value is -4.13. The molecule has 7 heteroatoms. The van der Waals surface area contributed by atoms with Gasteiger partial charge in [-0.1, -0.05) is 0 Å². The molecular formula is C25H21NO6. The SMILES string of the molecule is COc1ccc2nc3ccc(OC)cc3c(C(=O)Oc3c(C)cc(C(=O)O)cc3C)c2c1. The van der Waals surface area contributed by atoms with Crippen LogP contribution in [0.2, 0.25) is 0 Å². The molecule has 1 heterocycles. The molecule has 0 saturated heterocycles. The minimum absolute atomic E-state index is 0.133. The van der Waals surface area contributed by atoms with E-state index in [1.54, 1.807) is 64.5 Å². The fourth-order valence-corrected chi connectivity index (χ4v) is 3.75. The maximum atomic E-state index is 13.5. The summed E-state index contributed by atoms with van der Waals surface area (Å²) in [4.78, 5) is 29.5. The Morgan fingerprint density at radius 1 is 0.812 bits per heavy atom. The highest BCUT2D eigenvalue weighted by Crippen LogP contribution is 2.33. The van der Waals surface area contributed by atoms with Gasteiger partial charge in [0.15, 0.2) is 0 Å². The number of ether oxygens (including phenoxy) is 3. The Morgan fingerprint density at radius 2 is 1.31 bits per heavy atom. The lowest BCUT2D eigenvalue weighted by molar-refractivity contribution is 0.0696. The third kappa shape index (κ3) is 3.69. The molecule has 1 aromatic heterocycles. The van der Waals surface area contributed by atoms with Gasteiger partial charge < -0.3 is 19.3 Å². The number of esters is 1. The van der Waals surface area contributed by atoms with E-state index in [2.05, 4.69) is 4.98 Å². The van der Waals surface area contributed by atoms with E-state index >= 15 is 0 Å². The van der Waals surface area contributed by atoms with Crippen molar-refractivity contribution in [2.24, 2.45) is 0 Å². The van der Waals surface area contributed by atoms with Crippen molar-refractivity contribution in [3.05, 3.63) is 70.8 Å². The number of aromatic nitrogens is 1. The second kappa shape index (κ2) is 8.19. The number of benzene rings is 3. The number of methoxy groups -OCH3 is 2. The van der Waals surface area contributed by atoms with Crippen LogP contribution in [-0.4, -0.2) is 36.2 Å². The number of pyridine rings is 1. The van der Waals surface area contributed by atoms with Crippen LogP contribution in [0.5, 0.6) is 17.2 Å². The van der Waals surface area contributed by atoms with Gasteiger partial charge in [-0.2, -0.15) is 0 Å². The standard InChI is InChI=1S/C25H21NO6/c1-13-9-15(24(27)28)10-14(2)23(13)32-25(29)22-18-11-16(30-3)5-7-20(18)26-21-8-6-17(31-4)12-19(21)22/h5-12H,1-4H3,(H,27,28). The predicted octanol–water partition coefficient (Wildman–Crippen LogP) is 4.94. The number of hydrogen-bond acceptors (Lipinski definition) is 6. The van der Waals surface area contributed by atoms with Gasteiger partial charge in [-0.15, -0.1) is 0 Å². The number of carbonyl (C=O) groups excluding carboxylic acids is 1. The lowest BCUT2D eigenvalue weighted by atomic mass is 10.0. The Kier molecular flexibility index (Phi) is 5.40. The highest BCUT2D eigenvalue weighted by molar-refractivity contribution is 6.15. The number of carbonyl (C=O) groups is 2. The summed E-state index contributed by atoms with van der Waals surface area (Å²) >= 11 is 0. The van der Waals surface area contributed by atoms with E-state index in [1.807, 2.05) is 0 Å². The van der Waals surface area contributed by atoms with Gasteiger partial charge in [0.05, 0.1) is 36.4 Å². The van der Waals surface area contributed by atoms with Gasteiger partial charge >= 0.3 is 11.9 Å². The zero-order chi connectivity index (χ0) is 23.0. The van der Waals surface area contributed by atoms with Gasteiger partial charge in [-0.05, 0) is 73.5 Å². The molecule has 0 aliphatic heterocycles. The lowest BCUT2D eigenvalue weighted by Crippen LogP contribution is -2.13.